The molecule has 0 bridgehead atoms. The van der Waals surface area contributed by atoms with Gasteiger partial charge in [-0.3, -0.25) is 14.9 Å². The molecule has 0 aliphatic heterocycles. The number of nitro groups is 1. The molecule has 0 N–H and O–H groups in total. The SMILES string of the molecule is COc1ccc(/C=C/C(=O)N(C)Cc2ccccc2[N+](=O)[O-])c(OC)c1. The van der Waals surface area contributed by atoms with Crippen LogP contribution in [0.5, 0.6) is 11.5 Å². The van der Waals surface area contributed by atoms with E-state index in [1.165, 1.54) is 24.2 Å². The highest BCUT2D eigenvalue weighted by Crippen LogP contribution is 2.25. The molecule has 26 heavy (non-hydrogen) atoms. The highest BCUT2D eigenvalue weighted by atomic mass is 16.6. The highest BCUT2D eigenvalue weighted by Gasteiger charge is 2.15. The number of rotatable bonds is 7. The van der Waals surface area contributed by atoms with Crippen molar-refractivity contribution in [3.63, 3.8) is 0 Å². The van der Waals surface area contributed by atoms with E-state index in [4.69, 9.17) is 9.47 Å². The Hall–Kier alpha value is -3.35. The number of likely N-dealkylation sites (N-methyl/N-ethyl adjacent to an activating group) is 1. The molecule has 2 aromatic rings. The fraction of sp³-hybridized carbons (Fsp3) is 0.211. The summed E-state index contributed by atoms with van der Waals surface area (Å²) in [7, 11) is 4.69. The van der Waals surface area contributed by atoms with Gasteiger partial charge in [-0.25, -0.2) is 0 Å². The van der Waals surface area contributed by atoms with Crippen LogP contribution < -0.4 is 9.47 Å². The summed E-state index contributed by atoms with van der Waals surface area (Å²) >= 11 is 0. The Morgan fingerprint density at radius 1 is 1.19 bits per heavy atom. The first-order valence-corrected chi connectivity index (χ1v) is 7.83. The summed E-state index contributed by atoms with van der Waals surface area (Å²) in [5, 5.41) is 11.1. The van der Waals surface area contributed by atoms with Gasteiger partial charge >= 0.3 is 0 Å². The van der Waals surface area contributed by atoms with Gasteiger partial charge in [0.15, 0.2) is 0 Å². The van der Waals surface area contributed by atoms with E-state index in [2.05, 4.69) is 0 Å². The lowest BCUT2D eigenvalue weighted by Gasteiger charge is -2.15. The molecule has 0 aliphatic rings. The Labute approximate surface area is 151 Å². The second-order valence-corrected chi connectivity index (χ2v) is 5.52. The number of nitrogens with zero attached hydrogens (tertiary/aromatic N) is 2. The Morgan fingerprint density at radius 2 is 1.92 bits per heavy atom. The maximum Gasteiger partial charge on any atom is 0.274 e. The number of carbonyl (C=O) groups excluding carboxylic acids is 1. The standard InChI is InChI=1S/C19H20N2O5/c1-20(13-15-6-4-5-7-17(15)21(23)24)19(22)11-9-14-8-10-16(25-2)12-18(14)26-3/h4-12H,13H2,1-3H3/b11-9+. The van der Waals surface area contributed by atoms with Crippen LogP contribution in [0, 0.1) is 10.1 Å². The first-order chi connectivity index (χ1) is 12.5. The topological polar surface area (TPSA) is 81.9 Å². The molecule has 0 atom stereocenters. The molecule has 0 heterocycles. The minimum atomic E-state index is -0.453. The highest BCUT2D eigenvalue weighted by molar-refractivity contribution is 5.92. The number of ether oxygens (including phenoxy) is 2. The summed E-state index contributed by atoms with van der Waals surface area (Å²) < 4.78 is 10.4. The second kappa shape index (κ2) is 8.66. The van der Waals surface area contributed by atoms with Crippen LogP contribution in [0.15, 0.2) is 48.5 Å². The van der Waals surface area contributed by atoms with Crippen LogP contribution in [0.2, 0.25) is 0 Å². The third-order valence-electron chi connectivity index (χ3n) is 3.82. The first kappa shape index (κ1) is 19.0. The Morgan fingerprint density at radius 3 is 2.58 bits per heavy atom. The van der Waals surface area contributed by atoms with Crippen molar-refractivity contribution in [1.29, 1.82) is 0 Å². The summed E-state index contributed by atoms with van der Waals surface area (Å²) in [4.78, 5) is 24.4. The van der Waals surface area contributed by atoms with Crippen LogP contribution in [-0.2, 0) is 11.3 Å². The van der Waals surface area contributed by atoms with Gasteiger partial charge in [0.2, 0.25) is 5.91 Å². The molecule has 0 saturated heterocycles. The zero-order valence-corrected chi connectivity index (χ0v) is 14.8. The number of methoxy groups -OCH3 is 2. The van der Waals surface area contributed by atoms with Gasteiger partial charge < -0.3 is 14.4 Å². The zero-order chi connectivity index (χ0) is 19.1. The van der Waals surface area contributed by atoms with E-state index in [1.54, 1.807) is 56.6 Å². The molecule has 7 nitrogen and oxygen atoms in total. The molecule has 136 valence electrons. The third-order valence-corrected chi connectivity index (χ3v) is 3.82. The number of hydrogen-bond acceptors (Lipinski definition) is 5. The largest absolute Gasteiger partial charge is 0.497 e. The minimum Gasteiger partial charge on any atom is -0.497 e. The molecule has 2 rings (SSSR count). The second-order valence-electron chi connectivity index (χ2n) is 5.52. The third kappa shape index (κ3) is 4.60. The van der Waals surface area contributed by atoms with Crippen LogP contribution >= 0.6 is 0 Å². The van der Waals surface area contributed by atoms with E-state index in [0.29, 0.717) is 17.1 Å². The predicted octanol–water partition coefficient (Wildman–Crippen LogP) is 3.28. The van der Waals surface area contributed by atoms with Crippen LogP contribution in [-0.4, -0.2) is 37.0 Å². The molecule has 0 aliphatic carbocycles. The van der Waals surface area contributed by atoms with Crippen LogP contribution in [0.3, 0.4) is 0 Å². The Balaban J connectivity index is 2.12. The molecule has 0 fully saturated rings. The van der Waals surface area contributed by atoms with Crippen molar-refractivity contribution < 1.29 is 19.2 Å². The molecule has 7 heteroatoms. The number of nitro benzene ring substituents is 1. The molecule has 0 aromatic heterocycles. The van der Waals surface area contributed by atoms with Crippen molar-refractivity contribution >= 4 is 17.7 Å². The predicted molar refractivity (Wildman–Crippen MR) is 98.2 cm³/mol. The maximum absolute atomic E-state index is 12.3. The average Bonchev–Trinajstić information content (AvgIpc) is 2.66. The van der Waals surface area contributed by atoms with Crippen molar-refractivity contribution in [3.05, 3.63) is 69.8 Å². The Bertz CT molecular complexity index is 832. The van der Waals surface area contributed by atoms with Crippen molar-refractivity contribution in [2.75, 3.05) is 21.3 Å². The summed E-state index contributed by atoms with van der Waals surface area (Å²) in [6.45, 7) is 0.139. The van der Waals surface area contributed by atoms with Crippen molar-refractivity contribution in [2.45, 2.75) is 6.54 Å². The van der Waals surface area contributed by atoms with Gasteiger partial charge in [-0.05, 0) is 18.2 Å². The molecule has 0 radical (unpaired) electrons. The average molecular weight is 356 g/mol. The first-order valence-electron chi connectivity index (χ1n) is 7.83. The quantitative estimate of drug-likeness (QED) is 0.432. The monoisotopic (exact) mass is 356 g/mol. The molecule has 0 spiro atoms. The van der Waals surface area contributed by atoms with Gasteiger partial charge in [0.05, 0.1) is 25.7 Å². The fourth-order valence-corrected chi connectivity index (χ4v) is 2.40. The summed E-state index contributed by atoms with van der Waals surface area (Å²) in [6.07, 6.45) is 3.04. The summed E-state index contributed by atoms with van der Waals surface area (Å²) in [6, 6.07) is 11.6. The molecular formula is C19H20N2O5. The molecular weight excluding hydrogens is 336 g/mol. The van der Waals surface area contributed by atoms with E-state index in [0.717, 1.165) is 5.56 Å². The van der Waals surface area contributed by atoms with E-state index in [-0.39, 0.29) is 18.1 Å². The van der Waals surface area contributed by atoms with Crippen LogP contribution in [0.25, 0.3) is 6.08 Å². The van der Waals surface area contributed by atoms with Crippen LogP contribution in [0.1, 0.15) is 11.1 Å². The zero-order valence-electron chi connectivity index (χ0n) is 14.8. The number of hydrogen-bond donors (Lipinski definition) is 0. The van der Waals surface area contributed by atoms with E-state index < -0.39 is 4.92 Å². The maximum atomic E-state index is 12.3. The van der Waals surface area contributed by atoms with Gasteiger partial charge in [-0.15, -0.1) is 0 Å². The molecule has 0 unspecified atom stereocenters. The van der Waals surface area contributed by atoms with Crippen molar-refractivity contribution in [1.82, 2.24) is 4.90 Å². The van der Waals surface area contributed by atoms with Gasteiger partial charge in [0, 0.05) is 36.4 Å². The van der Waals surface area contributed by atoms with Gasteiger partial charge in [0.25, 0.3) is 5.69 Å². The van der Waals surface area contributed by atoms with Crippen molar-refractivity contribution in [2.24, 2.45) is 0 Å². The summed E-state index contributed by atoms with van der Waals surface area (Å²) in [5.41, 5.74) is 1.19. The van der Waals surface area contributed by atoms with Crippen LogP contribution in [0.4, 0.5) is 5.69 Å². The number of carbonyl (C=O) groups is 1. The van der Waals surface area contributed by atoms with Gasteiger partial charge in [-0.2, -0.15) is 0 Å². The van der Waals surface area contributed by atoms with E-state index in [9.17, 15) is 14.9 Å². The Kier molecular flexibility index (Phi) is 6.32. The number of benzene rings is 2. The van der Waals surface area contributed by atoms with Crippen molar-refractivity contribution in [3.8, 4) is 11.5 Å². The minimum absolute atomic E-state index is 0.00652. The smallest absolute Gasteiger partial charge is 0.274 e. The molecule has 2 aromatic carbocycles. The lowest BCUT2D eigenvalue weighted by molar-refractivity contribution is -0.385. The fourth-order valence-electron chi connectivity index (χ4n) is 2.40. The normalized spacial score (nSPS) is 10.6. The molecule has 1 amide bonds. The lowest BCUT2D eigenvalue weighted by Crippen LogP contribution is -2.24. The number of para-hydroxylation sites is 1. The van der Waals surface area contributed by atoms with Gasteiger partial charge in [-0.1, -0.05) is 18.2 Å². The van der Waals surface area contributed by atoms with E-state index >= 15 is 0 Å². The van der Waals surface area contributed by atoms with Gasteiger partial charge in [0.1, 0.15) is 11.5 Å². The van der Waals surface area contributed by atoms with E-state index in [1.807, 2.05) is 0 Å². The summed E-state index contributed by atoms with van der Waals surface area (Å²) in [5.74, 6) is 0.953. The molecule has 0 saturated carbocycles. The lowest BCUT2D eigenvalue weighted by atomic mass is 10.1. The number of amides is 1.